The first-order valence-corrected chi connectivity index (χ1v) is 11.3. The van der Waals surface area contributed by atoms with Gasteiger partial charge in [0.05, 0.1) is 0 Å². The van der Waals surface area contributed by atoms with E-state index in [2.05, 4.69) is 4.98 Å². The summed E-state index contributed by atoms with van der Waals surface area (Å²) in [6, 6.07) is 5.56. The number of nitrogens with zero attached hydrogens (tertiary/aromatic N) is 3. The summed E-state index contributed by atoms with van der Waals surface area (Å²) in [7, 11) is -4.00. The smallest absolute Gasteiger partial charge is 0.369 e. The molecule has 1 fully saturated rings. The number of alkyl halides is 6. The van der Waals surface area contributed by atoms with Gasteiger partial charge in [-0.3, -0.25) is 0 Å². The molecule has 15 heteroatoms. The van der Waals surface area contributed by atoms with Gasteiger partial charge in [-0.15, -0.1) is 0 Å². The first-order valence-electron chi connectivity index (χ1n) is 9.12. The Kier molecular flexibility index (Phi) is 6.86. The van der Waals surface area contributed by atoms with Crippen molar-refractivity contribution in [3.05, 3.63) is 52.3 Å². The first-order chi connectivity index (χ1) is 15.1. The third-order valence-electron chi connectivity index (χ3n) is 5.11. The number of anilines is 1. The third kappa shape index (κ3) is 4.74. The summed E-state index contributed by atoms with van der Waals surface area (Å²) < 4.78 is 105. The van der Waals surface area contributed by atoms with Gasteiger partial charge in [-0.25, -0.2) is 13.4 Å². The van der Waals surface area contributed by atoms with Crippen molar-refractivity contribution in [1.29, 1.82) is 0 Å². The molecule has 0 aliphatic carbocycles. The van der Waals surface area contributed by atoms with E-state index in [0.717, 1.165) is 16.4 Å². The second-order valence-electron chi connectivity index (χ2n) is 7.07. The highest BCUT2D eigenvalue weighted by Crippen LogP contribution is 2.50. The molecule has 0 amide bonds. The van der Waals surface area contributed by atoms with Crippen LogP contribution in [0.5, 0.6) is 0 Å². The molecule has 33 heavy (non-hydrogen) atoms. The van der Waals surface area contributed by atoms with Crippen LogP contribution < -0.4 is 4.90 Å². The van der Waals surface area contributed by atoms with Gasteiger partial charge in [0.15, 0.2) is 5.15 Å². The van der Waals surface area contributed by atoms with Gasteiger partial charge < -0.3 is 10.0 Å². The summed E-state index contributed by atoms with van der Waals surface area (Å²) in [5.41, 5.74) is -6.14. The second-order valence-corrected chi connectivity index (χ2v) is 9.72. The van der Waals surface area contributed by atoms with Gasteiger partial charge in [0.25, 0.3) is 5.60 Å². The monoisotopic (exact) mass is 537 g/mol. The number of sulfonamides is 1. The van der Waals surface area contributed by atoms with Crippen molar-refractivity contribution >= 4 is 38.9 Å². The summed E-state index contributed by atoms with van der Waals surface area (Å²) in [5.74, 6) is 0. The summed E-state index contributed by atoms with van der Waals surface area (Å²) in [4.78, 5) is 5.03. The van der Waals surface area contributed by atoms with Crippen molar-refractivity contribution in [2.75, 3.05) is 31.1 Å². The predicted molar refractivity (Wildman–Crippen MR) is 108 cm³/mol. The van der Waals surface area contributed by atoms with Crippen LogP contribution in [-0.4, -0.2) is 61.3 Å². The SMILES string of the molecule is O=S(=O)(c1ccc(Cl)nc1Cl)N1CCN(c2ccc(C(O)(C(F)(F)F)C(F)(F)F)cc2)CC1. The maximum Gasteiger partial charge on any atom is 0.430 e. The lowest BCUT2D eigenvalue weighted by Crippen LogP contribution is -2.54. The van der Waals surface area contributed by atoms with E-state index in [9.17, 15) is 39.9 Å². The Morgan fingerprint density at radius 1 is 0.848 bits per heavy atom. The number of aromatic nitrogens is 1. The zero-order valence-electron chi connectivity index (χ0n) is 16.3. The molecule has 0 bridgehead atoms. The van der Waals surface area contributed by atoms with Gasteiger partial charge in [0.2, 0.25) is 10.0 Å². The fourth-order valence-corrected chi connectivity index (χ4v) is 5.38. The van der Waals surface area contributed by atoms with Crippen molar-refractivity contribution in [3.63, 3.8) is 0 Å². The molecule has 1 aromatic heterocycles. The van der Waals surface area contributed by atoms with Crippen molar-refractivity contribution in [2.45, 2.75) is 22.8 Å². The Hall–Kier alpha value is -1.80. The van der Waals surface area contributed by atoms with E-state index in [-0.39, 0.29) is 47.1 Å². The largest absolute Gasteiger partial charge is 0.430 e. The maximum atomic E-state index is 13.0. The number of piperazine rings is 1. The third-order valence-corrected chi connectivity index (χ3v) is 7.65. The number of pyridine rings is 1. The molecule has 1 aliphatic heterocycles. The first kappa shape index (κ1) is 25.8. The highest BCUT2D eigenvalue weighted by molar-refractivity contribution is 7.89. The number of aliphatic hydroxyl groups is 1. The molecule has 1 aromatic carbocycles. The maximum absolute atomic E-state index is 13.0. The molecular formula is C18H15Cl2F6N3O3S. The van der Waals surface area contributed by atoms with Crippen LogP contribution in [-0.2, 0) is 15.6 Å². The van der Waals surface area contributed by atoms with E-state index in [1.165, 1.54) is 12.1 Å². The number of halogens is 8. The molecule has 2 heterocycles. The fourth-order valence-electron chi connectivity index (χ4n) is 3.32. The lowest BCUT2D eigenvalue weighted by Gasteiger charge is -2.36. The standard InChI is InChI=1S/C18H15Cl2F6N3O3S/c19-14-6-5-13(15(20)27-14)33(31,32)29-9-7-28(8-10-29)12-3-1-11(2-4-12)16(30,17(21,22)23)18(24,25)26/h1-6,30H,7-10H2. The minimum atomic E-state index is -5.98. The molecule has 1 N–H and O–H groups in total. The Bertz CT molecular complexity index is 1100. The van der Waals surface area contributed by atoms with Gasteiger partial charge in [0.1, 0.15) is 10.0 Å². The molecular weight excluding hydrogens is 523 g/mol. The molecule has 1 saturated heterocycles. The van der Waals surface area contributed by atoms with Crippen LogP contribution in [0.15, 0.2) is 41.3 Å². The Morgan fingerprint density at radius 3 is 1.82 bits per heavy atom. The van der Waals surface area contributed by atoms with Crippen LogP contribution in [0.2, 0.25) is 10.3 Å². The number of hydrogen-bond donors (Lipinski definition) is 1. The average molecular weight is 538 g/mol. The van der Waals surface area contributed by atoms with Gasteiger partial charge >= 0.3 is 12.4 Å². The molecule has 0 atom stereocenters. The summed E-state index contributed by atoms with van der Waals surface area (Å²) >= 11 is 11.6. The fraction of sp³-hybridized carbons (Fsp3) is 0.389. The van der Waals surface area contributed by atoms with E-state index in [1.807, 2.05) is 0 Å². The molecule has 0 saturated carbocycles. The van der Waals surface area contributed by atoms with Gasteiger partial charge in [-0.1, -0.05) is 35.3 Å². The zero-order chi connectivity index (χ0) is 24.8. The zero-order valence-corrected chi connectivity index (χ0v) is 18.7. The highest BCUT2D eigenvalue weighted by Gasteiger charge is 2.71. The lowest BCUT2D eigenvalue weighted by atomic mass is 9.92. The normalized spacial score (nSPS) is 16.8. The average Bonchev–Trinajstić information content (AvgIpc) is 2.71. The Morgan fingerprint density at radius 2 is 1.36 bits per heavy atom. The quantitative estimate of drug-likeness (QED) is 0.467. The number of rotatable bonds is 4. The van der Waals surface area contributed by atoms with Crippen LogP contribution in [0.3, 0.4) is 0 Å². The van der Waals surface area contributed by atoms with Crippen molar-refractivity contribution < 1.29 is 39.9 Å². The Labute approximate surface area is 194 Å². The topological polar surface area (TPSA) is 73.7 Å². The molecule has 0 unspecified atom stereocenters. The van der Waals surface area contributed by atoms with Gasteiger partial charge in [-0.2, -0.15) is 30.6 Å². The molecule has 182 valence electrons. The van der Waals surface area contributed by atoms with Crippen LogP contribution >= 0.6 is 23.2 Å². The molecule has 0 radical (unpaired) electrons. The van der Waals surface area contributed by atoms with E-state index >= 15 is 0 Å². The van der Waals surface area contributed by atoms with Crippen molar-refractivity contribution in [2.24, 2.45) is 0 Å². The molecule has 1 aliphatic rings. The van der Waals surface area contributed by atoms with Crippen molar-refractivity contribution in [1.82, 2.24) is 9.29 Å². The van der Waals surface area contributed by atoms with E-state index in [0.29, 0.717) is 12.1 Å². The van der Waals surface area contributed by atoms with Crippen LogP contribution in [0.1, 0.15) is 5.56 Å². The molecule has 2 aromatic rings. The van der Waals surface area contributed by atoms with E-state index < -0.39 is 33.5 Å². The number of benzene rings is 1. The molecule has 3 rings (SSSR count). The minimum Gasteiger partial charge on any atom is -0.369 e. The molecule has 6 nitrogen and oxygen atoms in total. The Balaban J connectivity index is 1.77. The lowest BCUT2D eigenvalue weighted by molar-refractivity contribution is -0.376. The second kappa shape index (κ2) is 8.77. The van der Waals surface area contributed by atoms with Gasteiger partial charge in [0, 0.05) is 37.4 Å². The summed E-state index contributed by atoms with van der Waals surface area (Å²) in [6.45, 7) is 0.135. The van der Waals surface area contributed by atoms with Crippen molar-refractivity contribution in [3.8, 4) is 0 Å². The van der Waals surface area contributed by atoms with Crippen LogP contribution in [0.4, 0.5) is 32.0 Å². The molecule has 0 spiro atoms. The predicted octanol–water partition coefficient (Wildman–Crippen LogP) is 4.21. The van der Waals surface area contributed by atoms with E-state index in [4.69, 9.17) is 23.2 Å². The van der Waals surface area contributed by atoms with Crippen LogP contribution in [0, 0.1) is 0 Å². The highest BCUT2D eigenvalue weighted by atomic mass is 35.5. The number of hydrogen-bond acceptors (Lipinski definition) is 5. The van der Waals surface area contributed by atoms with Gasteiger partial charge in [-0.05, 0) is 24.3 Å². The summed E-state index contributed by atoms with van der Waals surface area (Å²) in [6.07, 6.45) is -12.0. The minimum absolute atomic E-state index is 0.00941. The summed E-state index contributed by atoms with van der Waals surface area (Å²) in [5, 5.41) is 9.17. The van der Waals surface area contributed by atoms with E-state index in [1.54, 1.807) is 4.90 Å². The van der Waals surface area contributed by atoms with Crippen LogP contribution in [0.25, 0.3) is 0 Å².